The molecule has 0 aliphatic carbocycles. The van der Waals surface area contributed by atoms with Crippen LogP contribution in [0.2, 0.25) is 0 Å². The lowest BCUT2D eigenvalue weighted by Gasteiger charge is -2.09. The Hall–Kier alpha value is -1.61. The summed E-state index contributed by atoms with van der Waals surface area (Å²) in [6.07, 6.45) is 0.796. The molecule has 0 radical (unpaired) electrons. The van der Waals surface area contributed by atoms with Gasteiger partial charge in [0.05, 0.1) is 5.56 Å². The Morgan fingerprint density at radius 3 is 2.53 bits per heavy atom. The highest BCUT2D eigenvalue weighted by Gasteiger charge is 2.06. The molecule has 2 rings (SSSR count). The van der Waals surface area contributed by atoms with Gasteiger partial charge in [0.1, 0.15) is 12.4 Å². The van der Waals surface area contributed by atoms with Crippen LogP contribution in [0.15, 0.2) is 53.0 Å². The molecule has 0 amide bonds. The first kappa shape index (κ1) is 11.9. The standard InChI is InChI=1S/C14H11BrO2/c15-13-7-4-8-14(12(13)9-16)17-10-11-5-2-1-3-6-11/h1-9H,10H2. The molecule has 0 aliphatic heterocycles. The summed E-state index contributed by atoms with van der Waals surface area (Å²) in [7, 11) is 0. The summed E-state index contributed by atoms with van der Waals surface area (Å²) >= 11 is 3.32. The van der Waals surface area contributed by atoms with Crippen LogP contribution in [0.1, 0.15) is 15.9 Å². The quantitative estimate of drug-likeness (QED) is 0.800. The molecule has 17 heavy (non-hydrogen) atoms. The molecule has 0 fully saturated rings. The molecule has 0 N–H and O–H groups in total. The molecule has 0 unspecified atom stereocenters. The smallest absolute Gasteiger partial charge is 0.154 e. The first-order valence-corrected chi connectivity index (χ1v) is 6.01. The molecular weight excluding hydrogens is 280 g/mol. The summed E-state index contributed by atoms with van der Waals surface area (Å²) < 4.78 is 6.38. The summed E-state index contributed by atoms with van der Waals surface area (Å²) in [6.45, 7) is 0.456. The van der Waals surface area contributed by atoms with Crippen LogP contribution in [0.25, 0.3) is 0 Å². The number of carbonyl (C=O) groups is 1. The highest BCUT2D eigenvalue weighted by Crippen LogP contribution is 2.25. The van der Waals surface area contributed by atoms with Gasteiger partial charge in [-0.15, -0.1) is 0 Å². The van der Waals surface area contributed by atoms with Crippen molar-refractivity contribution in [3.8, 4) is 5.75 Å². The van der Waals surface area contributed by atoms with Crippen molar-refractivity contribution in [1.82, 2.24) is 0 Å². The third-order valence-electron chi connectivity index (χ3n) is 2.37. The van der Waals surface area contributed by atoms with E-state index in [1.165, 1.54) is 0 Å². The molecule has 0 aromatic heterocycles. The third kappa shape index (κ3) is 2.94. The number of halogens is 1. The van der Waals surface area contributed by atoms with Gasteiger partial charge < -0.3 is 4.74 Å². The number of rotatable bonds is 4. The largest absolute Gasteiger partial charge is 0.488 e. The molecular formula is C14H11BrO2. The molecule has 86 valence electrons. The number of hydrogen-bond acceptors (Lipinski definition) is 2. The maximum absolute atomic E-state index is 10.9. The lowest BCUT2D eigenvalue weighted by molar-refractivity contribution is 0.111. The number of carbonyl (C=O) groups excluding carboxylic acids is 1. The molecule has 0 saturated heterocycles. The Kier molecular flexibility index (Phi) is 3.94. The fourth-order valence-corrected chi connectivity index (χ4v) is 1.93. The number of ether oxygens (including phenoxy) is 1. The number of hydrogen-bond donors (Lipinski definition) is 0. The van der Waals surface area contributed by atoms with Crippen LogP contribution in [0.4, 0.5) is 0 Å². The van der Waals surface area contributed by atoms with Gasteiger partial charge in [-0.3, -0.25) is 4.79 Å². The monoisotopic (exact) mass is 290 g/mol. The van der Waals surface area contributed by atoms with Crippen molar-refractivity contribution in [2.75, 3.05) is 0 Å². The normalized spacial score (nSPS) is 9.94. The predicted molar refractivity (Wildman–Crippen MR) is 70.3 cm³/mol. The van der Waals surface area contributed by atoms with Crippen LogP contribution in [0.3, 0.4) is 0 Å². The summed E-state index contributed by atoms with van der Waals surface area (Å²) in [4.78, 5) is 10.9. The molecule has 0 aliphatic rings. The van der Waals surface area contributed by atoms with Crippen molar-refractivity contribution in [2.45, 2.75) is 6.61 Å². The maximum atomic E-state index is 10.9. The van der Waals surface area contributed by atoms with E-state index in [2.05, 4.69) is 15.9 Å². The minimum Gasteiger partial charge on any atom is -0.488 e. The Morgan fingerprint density at radius 2 is 1.82 bits per heavy atom. The summed E-state index contributed by atoms with van der Waals surface area (Å²) in [6, 6.07) is 15.3. The van der Waals surface area contributed by atoms with E-state index in [9.17, 15) is 4.79 Å². The molecule has 2 aromatic rings. The van der Waals surface area contributed by atoms with E-state index < -0.39 is 0 Å². The van der Waals surface area contributed by atoms with E-state index in [-0.39, 0.29) is 0 Å². The van der Waals surface area contributed by atoms with Gasteiger partial charge in [0.25, 0.3) is 0 Å². The lowest BCUT2D eigenvalue weighted by Crippen LogP contribution is -1.98. The van der Waals surface area contributed by atoms with Gasteiger partial charge in [0, 0.05) is 4.47 Å². The Balaban J connectivity index is 2.14. The van der Waals surface area contributed by atoms with E-state index in [0.29, 0.717) is 17.9 Å². The zero-order valence-electron chi connectivity index (χ0n) is 9.10. The van der Waals surface area contributed by atoms with Crippen molar-refractivity contribution in [1.29, 1.82) is 0 Å². The summed E-state index contributed by atoms with van der Waals surface area (Å²) in [5, 5.41) is 0. The zero-order chi connectivity index (χ0) is 12.1. The first-order chi connectivity index (χ1) is 8.31. The van der Waals surface area contributed by atoms with Crippen molar-refractivity contribution < 1.29 is 9.53 Å². The van der Waals surface area contributed by atoms with Gasteiger partial charge >= 0.3 is 0 Å². The molecule has 0 atom stereocenters. The molecule has 2 nitrogen and oxygen atoms in total. The van der Waals surface area contributed by atoms with Gasteiger partial charge in [-0.2, -0.15) is 0 Å². The topological polar surface area (TPSA) is 26.3 Å². The average molecular weight is 291 g/mol. The van der Waals surface area contributed by atoms with Crippen molar-refractivity contribution in [3.63, 3.8) is 0 Å². The molecule has 0 heterocycles. The minimum atomic E-state index is 0.456. The van der Waals surface area contributed by atoms with E-state index in [1.54, 1.807) is 6.07 Å². The summed E-state index contributed by atoms with van der Waals surface area (Å²) in [5.41, 5.74) is 1.62. The Labute approximate surface area is 108 Å². The third-order valence-corrected chi connectivity index (χ3v) is 3.06. The number of benzene rings is 2. The van der Waals surface area contributed by atoms with Crippen LogP contribution >= 0.6 is 15.9 Å². The SMILES string of the molecule is O=Cc1c(Br)cccc1OCc1ccccc1. The van der Waals surface area contributed by atoms with E-state index in [4.69, 9.17) is 4.74 Å². The second-order valence-corrected chi connectivity index (χ2v) is 4.40. The second-order valence-electron chi connectivity index (χ2n) is 3.54. The van der Waals surface area contributed by atoms with Gasteiger partial charge in [-0.1, -0.05) is 36.4 Å². The van der Waals surface area contributed by atoms with Gasteiger partial charge in [0.15, 0.2) is 6.29 Å². The molecule has 0 spiro atoms. The van der Waals surface area contributed by atoms with Crippen molar-refractivity contribution in [2.24, 2.45) is 0 Å². The molecule has 0 saturated carbocycles. The van der Waals surface area contributed by atoms with Gasteiger partial charge in [-0.05, 0) is 33.6 Å². The molecule has 2 aromatic carbocycles. The number of aldehydes is 1. The van der Waals surface area contributed by atoms with Crippen LogP contribution in [-0.2, 0) is 6.61 Å². The highest BCUT2D eigenvalue weighted by atomic mass is 79.9. The van der Waals surface area contributed by atoms with Gasteiger partial charge in [0.2, 0.25) is 0 Å². The Bertz CT molecular complexity index is 509. The maximum Gasteiger partial charge on any atom is 0.154 e. The van der Waals surface area contributed by atoms with Gasteiger partial charge in [-0.25, -0.2) is 0 Å². The Morgan fingerprint density at radius 1 is 1.06 bits per heavy atom. The average Bonchev–Trinajstić information content (AvgIpc) is 2.37. The first-order valence-electron chi connectivity index (χ1n) is 5.21. The zero-order valence-corrected chi connectivity index (χ0v) is 10.7. The van der Waals surface area contributed by atoms with Crippen LogP contribution < -0.4 is 4.74 Å². The van der Waals surface area contributed by atoms with Crippen molar-refractivity contribution >= 4 is 22.2 Å². The fraction of sp³-hybridized carbons (Fsp3) is 0.0714. The molecule has 3 heteroatoms. The minimum absolute atomic E-state index is 0.456. The van der Waals surface area contributed by atoms with E-state index in [0.717, 1.165) is 16.3 Å². The second kappa shape index (κ2) is 5.64. The highest BCUT2D eigenvalue weighted by molar-refractivity contribution is 9.10. The van der Waals surface area contributed by atoms with Crippen LogP contribution in [0.5, 0.6) is 5.75 Å². The predicted octanol–water partition coefficient (Wildman–Crippen LogP) is 3.84. The molecule has 0 bridgehead atoms. The fourth-order valence-electron chi connectivity index (χ4n) is 1.49. The van der Waals surface area contributed by atoms with Crippen LogP contribution in [-0.4, -0.2) is 6.29 Å². The lowest BCUT2D eigenvalue weighted by atomic mass is 10.2. The van der Waals surface area contributed by atoms with Crippen molar-refractivity contribution in [3.05, 3.63) is 64.1 Å². The van der Waals surface area contributed by atoms with Crippen LogP contribution in [0, 0.1) is 0 Å². The summed E-state index contributed by atoms with van der Waals surface area (Å²) in [5.74, 6) is 0.596. The van der Waals surface area contributed by atoms with E-state index >= 15 is 0 Å². The van der Waals surface area contributed by atoms with E-state index in [1.807, 2.05) is 42.5 Å².